The van der Waals surface area contributed by atoms with Gasteiger partial charge in [-0.15, -0.1) is 0 Å². The molecule has 1 saturated heterocycles. The van der Waals surface area contributed by atoms with E-state index >= 15 is 0 Å². The van der Waals surface area contributed by atoms with E-state index in [0.29, 0.717) is 6.54 Å². The molecule has 0 aliphatic carbocycles. The third-order valence-electron chi connectivity index (χ3n) is 8.12. The van der Waals surface area contributed by atoms with Crippen molar-refractivity contribution in [3.8, 4) is 0 Å². The van der Waals surface area contributed by atoms with Gasteiger partial charge in [0.25, 0.3) is 0 Å². The lowest BCUT2D eigenvalue weighted by Crippen LogP contribution is -2.50. The monoisotopic (exact) mass is 700 g/mol. The van der Waals surface area contributed by atoms with Gasteiger partial charge in [-0.3, -0.25) is 53.2 Å². The highest BCUT2D eigenvalue weighted by molar-refractivity contribution is 5.90. The second-order valence-corrected chi connectivity index (χ2v) is 12.4. The molecule has 0 saturated carbocycles. The minimum Gasteiger partial charge on any atom is -0.480 e. The van der Waals surface area contributed by atoms with Crippen molar-refractivity contribution >= 4 is 41.5 Å². The molecule has 49 heavy (non-hydrogen) atoms. The zero-order chi connectivity index (χ0) is 36.9. The Hall–Kier alpha value is -3.87. The first-order valence-corrected chi connectivity index (χ1v) is 16.6. The molecule has 280 valence electrons. The van der Waals surface area contributed by atoms with Gasteiger partial charge in [0.15, 0.2) is 0 Å². The normalized spacial score (nSPS) is 15.8. The number of unbranched alkanes of at least 4 members (excludes halogenated alkanes) is 3. The van der Waals surface area contributed by atoms with E-state index in [1.54, 1.807) is 19.6 Å². The summed E-state index contributed by atoms with van der Waals surface area (Å²) in [6, 6.07) is 0. The summed E-state index contributed by atoms with van der Waals surface area (Å²) >= 11 is 0. The van der Waals surface area contributed by atoms with Crippen molar-refractivity contribution < 1.29 is 48.9 Å². The number of hydrogen-bond acceptors (Lipinski definition) is 11. The second kappa shape index (κ2) is 23.5. The lowest BCUT2D eigenvalue weighted by Gasteiger charge is -2.33. The van der Waals surface area contributed by atoms with Crippen LogP contribution in [0.25, 0.3) is 0 Å². The van der Waals surface area contributed by atoms with Gasteiger partial charge in [0.2, 0.25) is 23.6 Å². The molecule has 0 unspecified atom stereocenters. The summed E-state index contributed by atoms with van der Waals surface area (Å²) in [5.41, 5.74) is 0. The maximum atomic E-state index is 13.2. The Morgan fingerprint density at radius 2 is 0.857 bits per heavy atom. The predicted octanol–water partition coefficient (Wildman–Crippen LogP) is -2.47. The van der Waals surface area contributed by atoms with Gasteiger partial charge in [-0.2, -0.15) is 0 Å². The number of rotatable bonds is 19. The van der Waals surface area contributed by atoms with Crippen LogP contribution < -0.4 is 5.32 Å². The van der Waals surface area contributed by atoms with Gasteiger partial charge < -0.3 is 35.3 Å². The van der Waals surface area contributed by atoms with Crippen LogP contribution in [0.15, 0.2) is 0 Å². The van der Waals surface area contributed by atoms with Crippen LogP contribution in [-0.4, -0.2) is 217 Å². The highest BCUT2D eigenvalue weighted by Crippen LogP contribution is 2.03. The summed E-state index contributed by atoms with van der Waals surface area (Å²) in [4.78, 5) is 95.7. The number of carboxylic acids is 3. The quantitative estimate of drug-likeness (QED) is 0.103. The highest BCUT2D eigenvalue weighted by atomic mass is 16.4. The molecular formula is C31H56N8O10. The first kappa shape index (κ1) is 43.2. The van der Waals surface area contributed by atoms with Crippen molar-refractivity contribution in [3.63, 3.8) is 0 Å². The van der Waals surface area contributed by atoms with Gasteiger partial charge in [0, 0.05) is 80.0 Å². The molecule has 0 aromatic carbocycles. The van der Waals surface area contributed by atoms with E-state index in [4.69, 9.17) is 0 Å². The first-order valence-electron chi connectivity index (χ1n) is 16.6. The van der Waals surface area contributed by atoms with Gasteiger partial charge >= 0.3 is 17.9 Å². The van der Waals surface area contributed by atoms with Crippen molar-refractivity contribution in [3.05, 3.63) is 0 Å². The molecule has 1 rings (SSSR count). The molecule has 4 N–H and O–H groups in total. The van der Waals surface area contributed by atoms with Crippen molar-refractivity contribution in [1.82, 2.24) is 39.6 Å². The number of hydrogen-bond donors (Lipinski definition) is 4. The Morgan fingerprint density at radius 1 is 0.510 bits per heavy atom. The number of nitrogens with one attached hydrogen (secondary N) is 1. The SMILES string of the molecule is CCCCCCNC(=O)CN(C)C(=O)CN(C)C(=O)CN(C)C(=O)CN1CCN(CC(=O)O)CCN(CC(=O)O)CCN(CC(=O)O)CC1. The third-order valence-corrected chi connectivity index (χ3v) is 8.12. The Bertz CT molecular complexity index is 1080. The molecule has 4 amide bonds. The number of carbonyl (C=O) groups excluding carboxylic acids is 4. The smallest absolute Gasteiger partial charge is 0.317 e. The molecule has 18 heteroatoms. The fourth-order valence-electron chi connectivity index (χ4n) is 5.06. The van der Waals surface area contributed by atoms with Crippen LogP contribution in [-0.2, 0) is 33.6 Å². The summed E-state index contributed by atoms with van der Waals surface area (Å²) in [7, 11) is 4.36. The largest absolute Gasteiger partial charge is 0.480 e. The maximum Gasteiger partial charge on any atom is 0.317 e. The highest BCUT2D eigenvalue weighted by Gasteiger charge is 2.24. The van der Waals surface area contributed by atoms with Crippen LogP contribution in [0.5, 0.6) is 0 Å². The summed E-state index contributed by atoms with van der Waals surface area (Å²) in [6.07, 6.45) is 4.05. The molecule has 0 spiro atoms. The van der Waals surface area contributed by atoms with Crippen LogP contribution >= 0.6 is 0 Å². The Labute approximate surface area is 288 Å². The Balaban J connectivity index is 2.80. The number of aliphatic carboxylic acids is 3. The van der Waals surface area contributed by atoms with E-state index in [1.807, 2.05) is 0 Å². The fourth-order valence-corrected chi connectivity index (χ4v) is 5.06. The molecular weight excluding hydrogens is 644 g/mol. The number of carbonyl (C=O) groups is 7. The van der Waals surface area contributed by atoms with E-state index in [0.717, 1.165) is 25.7 Å². The number of likely N-dealkylation sites (N-methyl/N-ethyl adjacent to an activating group) is 3. The van der Waals surface area contributed by atoms with Crippen molar-refractivity contribution in [2.24, 2.45) is 0 Å². The molecule has 1 aliphatic heterocycles. The summed E-state index contributed by atoms with van der Waals surface area (Å²) < 4.78 is 0. The average molecular weight is 701 g/mol. The lowest BCUT2D eigenvalue weighted by atomic mass is 10.2. The molecule has 1 heterocycles. The Kier molecular flexibility index (Phi) is 20.7. The van der Waals surface area contributed by atoms with E-state index in [-0.39, 0.29) is 104 Å². The van der Waals surface area contributed by atoms with E-state index < -0.39 is 35.6 Å². The fraction of sp³-hybridized carbons (Fsp3) is 0.774. The first-order chi connectivity index (χ1) is 23.1. The van der Waals surface area contributed by atoms with Crippen LogP contribution in [0.3, 0.4) is 0 Å². The van der Waals surface area contributed by atoms with Crippen LogP contribution in [0.2, 0.25) is 0 Å². The number of carboxylic acid groups (broad SMARTS) is 3. The van der Waals surface area contributed by atoms with Crippen molar-refractivity contribution in [1.29, 1.82) is 0 Å². The van der Waals surface area contributed by atoms with Crippen LogP contribution in [0.4, 0.5) is 0 Å². The zero-order valence-corrected chi connectivity index (χ0v) is 29.5. The van der Waals surface area contributed by atoms with Gasteiger partial charge in [-0.05, 0) is 6.42 Å². The standard InChI is InChI=1S/C31H56N8O10/c1-5-6-7-8-9-32-25(40)18-33(2)26(41)19-34(3)27(42)20-35(4)28(43)21-36-10-12-37(22-29(44)45)14-16-39(24-31(48)49)17-15-38(13-11-36)23-30(46)47/h5-24H2,1-4H3,(H,32,40)(H,44,45)(H,46,47)(H,48,49). The minimum atomic E-state index is -1.06. The van der Waals surface area contributed by atoms with E-state index in [1.165, 1.54) is 35.8 Å². The number of amides is 4. The number of nitrogens with zero attached hydrogens (tertiary/aromatic N) is 7. The van der Waals surface area contributed by atoms with Gasteiger partial charge in [0.1, 0.15) is 0 Å². The molecule has 1 aliphatic rings. The molecule has 0 radical (unpaired) electrons. The van der Waals surface area contributed by atoms with Crippen molar-refractivity contribution in [2.75, 3.05) is 126 Å². The molecule has 1 fully saturated rings. The molecule has 0 bridgehead atoms. The maximum absolute atomic E-state index is 13.2. The predicted molar refractivity (Wildman–Crippen MR) is 179 cm³/mol. The third kappa shape index (κ3) is 19.7. The molecule has 0 atom stereocenters. The summed E-state index contributed by atoms with van der Waals surface area (Å²) in [6.45, 7) is 2.93. The van der Waals surface area contributed by atoms with E-state index in [9.17, 15) is 48.9 Å². The molecule has 18 nitrogen and oxygen atoms in total. The van der Waals surface area contributed by atoms with Gasteiger partial charge in [-0.25, -0.2) is 0 Å². The van der Waals surface area contributed by atoms with Crippen LogP contribution in [0.1, 0.15) is 32.6 Å². The molecule has 0 aromatic rings. The minimum absolute atomic E-state index is 0.129. The van der Waals surface area contributed by atoms with Crippen LogP contribution in [0, 0.1) is 0 Å². The average Bonchev–Trinajstić information content (AvgIpc) is 3.01. The topological polar surface area (TPSA) is 215 Å². The van der Waals surface area contributed by atoms with Gasteiger partial charge in [-0.1, -0.05) is 26.2 Å². The Morgan fingerprint density at radius 3 is 1.22 bits per heavy atom. The second-order valence-electron chi connectivity index (χ2n) is 12.4. The molecule has 0 aromatic heterocycles. The van der Waals surface area contributed by atoms with Crippen molar-refractivity contribution in [2.45, 2.75) is 32.6 Å². The van der Waals surface area contributed by atoms with Gasteiger partial charge in [0.05, 0.1) is 45.8 Å². The summed E-state index contributed by atoms with van der Waals surface area (Å²) in [5.74, 6) is -4.78. The lowest BCUT2D eigenvalue weighted by molar-refractivity contribution is -0.143. The zero-order valence-electron chi connectivity index (χ0n) is 29.5. The van der Waals surface area contributed by atoms with E-state index in [2.05, 4.69) is 12.2 Å². The summed E-state index contributed by atoms with van der Waals surface area (Å²) in [5, 5.41) is 30.9.